The standard InChI is InChI=1S/C12H15NO3/c1-15-8-6-9-12(11(7-8)16-2)10(14)4-3-5-13-9/h6-7,13H,3-5H2,1-2H3. The molecule has 1 aliphatic rings. The fourth-order valence-corrected chi connectivity index (χ4v) is 1.89. The van der Waals surface area contributed by atoms with Gasteiger partial charge in [0, 0.05) is 25.1 Å². The molecule has 1 aliphatic heterocycles. The Morgan fingerprint density at radius 1 is 1.25 bits per heavy atom. The molecule has 4 nitrogen and oxygen atoms in total. The van der Waals surface area contributed by atoms with Crippen molar-refractivity contribution < 1.29 is 14.3 Å². The van der Waals surface area contributed by atoms with Crippen LogP contribution in [0, 0.1) is 0 Å². The molecule has 0 aromatic heterocycles. The number of anilines is 1. The molecule has 1 aromatic carbocycles. The van der Waals surface area contributed by atoms with Gasteiger partial charge in [-0.1, -0.05) is 0 Å². The van der Waals surface area contributed by atoms with Crippen molar-refractivity contribution in [3.8, 4) is 11.5 Å². The molecule has 0 amide bonds. The predicted octanol–water partition coefficient (Wildman–Crippen LogP) is 2.09. The number of Topliss-reactive ketones (excluding diaryl/α,β-unsaturated/α-hetero) is 1. The number of hydrogen-bond donors (Lipinski definition) is 1. The van der Waals surface area contributed by atoms with E-state index in [1.165, 1.54) is 0 Å². The minimum Gasteiger partial charge on any atom is -0.497 e. The summed E-state index contributed by atoms with van der Waals surface area (Å²) >= 11 is 0. The molecule has 0 radical (unpaired) electrons. The van der Waals surface area contributed by atoms with Crippen molar-refractivity contribution in [3.63, 3.8) is 0 Å². The third kappa shape index (κ3) is 1.83. The molecule has 0 spiro atoms. The lowest BCUT2D eigenvalue weighted by atomic mass is 10.0. The van der Waals surface area contributed by atoms with Crippen LogP contribution >= 0.6 is 0 Å². The fraction of sp³-hybridized carbons (Fsp3) is 0.417. The van der Waals surface area contributed by atoms with E-state index in [2.05, 4.69) is 5.32 Å². The summed E-state index contributed by atoms with van der Waals surface area (Å²) in [5, 5.41) is 3.22. The molecule has 86 valence electrons. The first-order chi connectivity index (χ1) is 7.76. The van der Waals surface area contributed by atoms with E-state index >= 15 is 0 Å². The normalized spacial score (nSPS) is 14.8. The Kier molecular flexibility index (Phi) is 2.99. The number of fused-ring (bicyclic) bond motifs is 1. The first kappa shape index (κ1) is 10.8. The van der Waals surface area contributed by atoms with Crippen LogP contribution in [0.1, 0.15) is 23.2 Å². The molecule has 0 aliphatic carbocycles. The van der Waals surface area contributed by atoms with E-state index in [0.717, 1.165) is 18.7 Å². The molecule has 4 heteroatoms. The van der Waals surface area contributed by atoms with Gasteiger partial charge in [0.05, 0.1) is 25.5 Å². The van der Waals surface area contributed by atoms with Gasteiger partial charge >= 0.3 is 0 Å². The average Bonchev–Trinajstić information content (AvgIpc) is 2.50. The van der Waals surface area contributed by atoms with Gasteiger partial charge in [0.25, 0.3) is 0 Å². The van der Waals surface area contributed by atoms with Gasteiger partial charge in [-0.15, -0.1) is 0 Å². The highest BCUT2D eigenvalue weighted by Crippen LogP contribution is 2.34. The Morgan fingerprint density at radius 2 is 2.06 bits per heavy atom. The predicted molar refractivity (Wildman–Crippen MR) is 61.6 cm³/mol. The number of ketones is 1. The van der Waals surface area contributed by atoms with Crippen LogP contribution in [0.5, 0.6) is 11.5 Å². The van der Waals surface area contributed by atoms with Crippen LogP contribution in [0.2, 0.25) is 0 Å². The maximum Gasteiger partial charge on any atom is 0.168 e. The third-order valence-electron chi connectivity index (χ3n) is 2.71. The van der Waals surface area contributed by atoms with Gasteiger partial charge in [-0.05, 0) is 6.42 Å². The Labute approximate surface area is 94.6 Å². The van der Waals surface area contributed by atoms with E-state index in [1.807, 2.05) is 6.07 Å². The molecule has 1 N–H and O–H groups in total. The number of carbonyl (C=O) groups is 1. The van der Waals surface area contributed by atoms with E-state index in [4.69, 9.17) is 9.47 Å². The van der Waals surface area contributed by atoms with Gasteiger partial charge in [0.1, 0.15) is 11.5 Å². The second kappa shape index (κ2) is 4.43. The lowest BCUT2D eigenvalue weighted by molar-refractivity contribution is 0.0981. The second-order valence-electron chi connectivity index (χ2n) is 3.71. The molecule has 2 rings (SSSR count). The molecular formula is C12H15NO3. The quantitative estimate of drug-likeness (QED) is 0.830. The summed E-state index contributed by atoms with van der Waals surface area (Å²) in [6.07, 6.45) is 1.40. The van der Waals surface area contributed by atoms with E-state index in [1.54, 1.807) is 20.3 Å². The van der Waals surface area contributed by atoms with Gasteiger partial charge in [0.2, 0.25) is 0 Å². The highest BCUT2D eigenvalue weighted by Gasteiger charge is 2.21. The maximum atomic E-state index is 11.9. The van der Waals surface area contributed by atoms with Crippen molar-refractivity contribution in [2.45, 2.75) is 12.8 Å². The molecule has 0 fully saturated rings. The zero-order chi connectivity index (χ0) is 11.5. The van der Waals surface area contributed by atoms with Crippen LogP contribution in [-0.2, 0) is 0 Å². The number of benzene rings is 1. The van der Waals surface area contributed by atoms with Crippen LogP contribution < -0.4 is 14.8 Å². The molecular weight excluding hydrogens is 206 g/mol. The van der Waals surface area contributed by atoms with Crippen LogP contribution in [0.4, 0.5) is 5.69 Å². The molecule has 0 bridgehead atoms. The second-order valence-corrected chi connectivity index (χ2v) is 3.71. The number of methoxy groups -OCH3 is 2. The number of rotatable bonds is 2. The number of ether oxygens (including phenoxy) is 2. The Bertz CT molecular complexity index is 415. The minimum absolute atomic E-state index is 0.125. The summed E-state index contributed by atoms with van der Waals surface area (Å²) in [6.45, 7) is 0.801. The first-order valence-electron chi connectivity index (χ1n) is 5.29. The SMILES string of the molecule is COc1cc2c(c(OC)c1)C(=O)CCCN2. The Morgan fingerprint density at radius 3 is 2.75 bits per heavy atom. The molecule has 1 heterocycles. The van der Waals surface area contributed by atoms with Gasteiger partial charge in [-0.3, -0.25) is 4.79 Å². The van der Waals surface area contributed by atoms with Crippen LogP contribution in [0.25, 0.3) is 0 Å². The fourth-order valence-electron chi connectivity index (χ4n) is 1.89. The molecule has 0 saturated carbocycles. The van der Waals surface area contributed by atoms with Crippen molar-refractivity contribution in [1.29, 1.82) is 0 Å². The summed E-state index contributed by atoms with van der Waals surface area (Å²) < 4.78 is 10.4. The zero-order valence-corrected chi connectivity index (χ0v) is 9.50. The number of nitrogens with one attached hydrogen (secondary N) is 1. The van der Waals surface area contributed by atoms with E-state index in [9.17, 15) is 4.79 Å². The summed E-state index contributed by atoms with van der Waals surface area (Å²) in [7, 11) is 3.16. The summed E-state index contributed by atoms with van der Waals surface area (Å²) in [5.41, 5.74) is 1.44. The number of carbonyl (C=O) groups excluding carboxylic acids is 1. The van der Waals surface area contributed by atoms with Crippen molar-refractivity contribution in [3.05, 3.63) is 17.7 Å². The van der Waals surface area contributed by atoms with Crippen molar-refractivity contribution in [2.75, 3.05) is 26.1 Å². The Hall–Kier alpha value is -1.71. The van der Waals surface area contributed by atoms with Gasteiger partial charge in [-0.25, -0.2) is 0 Å². The largest absolute Gasteiger partial charge is 0.497 e. The first-order valence-corrected chi connectivity index (χ1v) is 5.29. The van der Waals surface area contributed by atoms with E-state index in [-0.39, 0.29) is 5.78 Å². The summed E-state index contributed by atoms with van der Waals surface area (Å²) in [5.74, 6) is 1.39. The van der Waals surface area contributed by atoms with Crippen molar-refractivity contribution in [1.82, 2.24) is 0 Å². The van der Waals surface area contributed by atoms with Crippen molar-refractivity contribution >= 4 is 11.5 Å². The molecule has 16 heavy (non-hydrogen) atoms. The van der Waals surface area contributed by atoms with E-state index < -0.39 is 0 Å². The highest BCUT2D eigenvalue weighted by atomic mass is 16.5. The highest BCUT2D eigenvalue weighted by molar-refractivity contribution is 6.04. The average molecular weight is 221 g/mol. The smallest absolute Gasteiger partial charge is 0.168 e. The number of hydrogen-bond acceptors (Lipinski definition) is 4. The lowest BCUT2D eigenvalue weighted by Crippen LogP contribution is -2.04. The summed E-state index contributed by atoms with van der Waals surface area (Å²) in [4.78, 5) is 11.9. The van der Waals surface area contributed by atoms with Gasteiger partial charge < -0.3 is 14.8 Å². The van der Waals surface area contributed by atoms with Crippen LogP contribution in [0.3, 0.4) is 0 Å². The monoisotopic (exact) mass is 221 g/mol. The topological polar surface area (TPSA) is 47.6 Å². The van der Waals surface area contributed by atoms with Crippen LogP contribution in [0.15, 0.2) is 12.1 Å². The molecule has 0 atom stereocenters. The molecule has 0 saturated heterocycles. The summed E-state index contributed by atoms with van der Waals surface area (Å²) in [6, 6.07) is 3.57. The van der Waals surface area contributed by atoms with Gasteiger partial charge in [-0.2, -0.15) is 0 Å². The van der Waals surface area contributed by atoms with E-state index in [0.29, 0.717) is 23.5 Å². The van der Waals surface area contributed by atoms with Gasteiger partial charge in [0.15, 0.2) is 5.78 Å². The zero-order valence-electron chi connectivity index (χ0n) is 9.50. The van der Waals surface area contributed by atoms with Crippen LogP contribution in [-0.4, -0.2) is 26.5 Å². The molecule has 0 unspecified atom stereocenters. The third-order valence-corrected chi connectivity index (χ3v) is 2.71. The lowest BCUT2D eigenvalue weighted by Gasteiger charge is -2.13. The minimum atomic E-state index is 0.125. The maximum absolute atomic E-state index is 11.9. The Balaban J connectivity index is 2.56. The van der Waals surface area contributed by atoms with Crippen molar-refractivity contribution in [2.24, 2.45) is 0 Å². The molecule has 1 aromatic rings.